The normalized spacial score (nSPS) is 12.5. The molecule has 5 heteroatoms. The van der Waals surface area contributed by atoms with Crippen LogP contribution < -0.4 is 15.5 Å². The number of amides is 2. The third kappa shape index (κ3) is 4.74. The number of carbonyl (C=O) groups excluding carboxylic acids is 1. The predicted octanol–water partition coefficient (Wildman–Crippen LogP) is 5.11. The Balaban J connectivity index is 2.09. The lowest BCUT2D eigenvalue weighted by atomic mass is 9.86. The van der Waals surface area contributed by atoms with E-state index in [0.29, 0.717) is 0 Å². The molecule has 0 fully saturated rings. The quantitative estimate of drug-likeness (QED) is 0.790. The number of nitrogens with one attached hydrogen (secondary N) is 2. The minimum Gasteiger partial charge on any atom is -0.375 e. The third-order valence-electron chi connectivity index (χ3n) is 3.99. The summed E-state index contributed by atoms with van der Waals surface area (Å²) in [5, 5.41) is 8.11. The highest BCUT2D eigenvalue weighted by Gasteiger charge is 2.28. The number of hydrogen-bond acceptors (Lipinski definition) is 3. The third-order valence-corrected chi connectivity index (χ3v) is 4.93. The second-order valence-corrected chi connectivity index (χ2v) is 7.96. The van der Waals surface area contributed by atoms with E-state index in [-0.39, 0.29) is 17.5 Å². The molecule has 0 radical (unpaired) electrons. The Hall–Kier alpha value is -2.01. The first kappa shape index (κ1) is 18.3. The van der Waals surface area contributed by atoms with E-state index in [0.717, 1.165) is 22.8 Å². The van der Waals surface area contributed by atoms with E-state index in [9.17, 15) is 4.79 Å². The number of anilines is 2. The molecule has 2 aromatic rings. The monoisotopic (exact) mass is 345 g/mol. The molecule has 130 valence electrons. The molecule has 1 atom stereocenters. The van der Waals surface area contributed by atoms with E-state index < -0.39 is 0 Å². The highest BCUT2D eigenvalue weighted by molar-refractivity contribution is 7.10. The molecule has 0 spiro atoms. The van der Waals surface area contributed by atoms with Crippen LogP contribution in [0, 0.1) is 5.41 Å². The maximum absolute atomic E-state index is 12.5. The maximum Gasteiger partial charge on any atom is 0.319 e. The average Bonchev–Trinajstić information content (AvgIpc) is 3.05. The highest BCUT2D eigenvalue weighted by atomic mass is 32.1. The van der Waals surface area contributed by atoms with Gasteiger partial charge in [0.2, 0.25) is 0 Å². The second kappa shape index (κ2) is 7.71. The van der Waals surface area contributed by atoms with Gasteiger partial charge in [-0.1, -0.05) is 32.9 Å². The van der Waals surface area contributed by atoms with Gasteiger partial charge in [-0.15, -0.1) is 11.3 Å². The molecule has 0 aliphatic rings. The zero-order valence-electron chi connectivity index (χ0n) is 15.1. The van der Waals surface area contributed by atoms with Crippen molar-refractivity contribution in [3.8, 4) is 0 Å². The summed E-state index contributed by atoms with van der Waals surface area (Å²) in [5.74, 6) is 0. The Morgan fingerprint density at radius 2 is 2.00 bits per heavy atom. The van der Waals surface area contributed by atoms with Gasteiger partial charge < -0.3 is 15.5 Å². The van der Waals surface area contributed by atoms with E-state index in [1.807, 2.05) is 42.8 Å². The lowest BCUT2D eigenvalue weighted by Gasteiger charge is -2.30. The fraction of sp³-hybridized carbons (Fsp3) is 0.421. The smallest absolute Gasteiger partial charge is 0.319 e. The Labute approximate surface area is 148 Å². The maximum atomic E-state index is 12.5. The van der Waals surface area contributed by atoms with Crippen LogP contribution >= 0.6 is 11.3 Å². The van der Waals surface area contributed by atoms with Crippen molar-refractivity contribution in [1.29, 1.82) is 0 Å². The van der Waals surface area contributed by atoms with Crippen molar-refractivity contribution in [1.82, 2.24) is 5.32 Å². The standard InChI is InChI=1S/C19H27N3OS/c1-6-22(5)15-10-7-9-14(13-15)20-18(23)21-17(19(2,3)4)16-11-8-12-24-16/h7-13,17H,6H2,1-5H3,(H2,20,21,23). The van der Waals surface area contributed by atoms with Crippen molar-refractivity contribution in [2.24, 2.45) is 5.41 Å². The molecule has 1 unspecified atom stereocenters. The summed E-state index contributed by atoms with van der Waals surface area (Å²) in [6, 6.07) is 11.8. The molecule has 2 N–H and O–H groups in total. The number of hydrogen-bond donors (Lipinski definition) is 2. The van der Waals surface area contributed by atoms with Crippen molar-refractivity contribution in [2.45, 2.75) is 33.7 Å². The molecule has 4 nitrogen and oxygen atoms in total. The topological polar surface area (TPSA) is 44.4 Å². The minimum atomic E-state index is -0.181. The van der Waals surface area contributed by atoms with Crippen molar-refractivity contribution in [3.63, 3.8) is 0 Å². The Morgan fingerprint density at radius 3 is 2.58 bits per heavy atom. The lowest BCUT2D eigenvalue weighted by molar-refractivity contribution is 0.230. The second-order valence-electron chi connectivity index (χ2n) is 6.98. The Morgan fingerprint density at radius 1 is 1.25 bits per heavy atom. The van der Waals surface area contributed by atoms with Crippen LogP contribution in [0.5, 0.6) is 0 Å². The molecule has 24 heavy (non-hydrogen) atoms. The Kier molecular flexibility index (Phi) is 5.89. The van der Waals surface area contributed by atoms with E-state index in [2.05, 4.69) is 49.3 Å². The molecule has 0 aliphatic carbocycles. The molecule has 1 aromatic heterocycles. The summed E-state index contributed by atoms with van der Waals surface area (Å²) >= 11 is 1.67. The van der Waals surface area contributed by atoms with Gasteiger partial charge in [0.1, 0.15) is 0 Å². The van der Waals surface area contributed by atoms with Crippen LogP contribution in [0.4, 0.5) is 16.2 Å². The zero-order valence-corrected chi connectivity index (χ0v) is 15.9. The summed E-state index contributed by atoms with van der Waals surface area (Å²) in [6.45, 7) is 9.42. The van der Waals surface area contributed by atoms with Gasteiger partial charge in [0.05, 0.1) is 6.04 Å². The van der Waals surface area contributed by atoms with Crippen LogP contribution in [0.1, 0.15) is 38.6 Å². The SMILES string of the molecule is CCN(C)c1cccc(NC(=O)NC(c2cccs2)C(C)(C)C)c1. The number of rotatable bonds is 5. The molecule has 0 saturated carbocycles. The number of benzene rings is 1. The van der Waals surface area contributed by atoms with Crippen molar-refractivity contribution < 1.29 is 4.79 Å². The van der Waals surface area contributed by atoms with E-state index in [4.69, 9.17) is 0 Å². The van der Waals surface area contributed by atoms with Crippen molar-refractivity contribution in [2.75, 3.05) is 23.8 Å². The number of carbonyl (C=O) groups is 1. The molecule has 1 heterocycles. The molecule has 1 aromatic carbocycles. The summed E-state index contributed by atoms with van der Waals surface area (Å²) in [7, 11) is 2.03. The van der Waals surface area contributed by atoms with Crippen LogP contribution in [0.2, 0.25) is 0 Å². The number of urea groups is 1. The molecule has 0 bridgehead atoms. The fourth-order valence-corrected chi connectivity index (χ4v) is 3.49. The van der Waals surface area contributed by atoms with Crippen molar-refractivity contribution >= 4 is 28.7 Å². The van der Waals surface area contributed by atoms with Crippen LogP contribution in [-0.4, -0.2) is 19.6 Å². The Bertz CT molecular complexity index is 662. The summed E-state index contributed by atoms with van der Waals surface area (Å²) in [6.07, 6.45) is 0. The average molecular weight is 346 g/mol. The van der Waals surface area contributed by atoms with Crippen LogP contribution in [-0.2, 0) is 0 Å². The van der Waals surface area contributed by atoms with Gasteiger partial charge in [-0.25, -0.2) is 4.79 Å². The van der Waals surface area contributed by atoms with Gasteiger partial charge in [-0.05, 0) is 42.0 Å². The van der Waals surface area contributed by atoms with Gasteiger partial charge in [0, 0.05) is 29.8 Å². The van der Waals surface area contributed by atoms with E-state index in [1.54, 1.807) is 11.3 Å². The molecular weight excluding hydrogens is 318 g/mol. The van der Waals surface area contributed by atoms with E-state index in [1.165, 1.54) is 0 Å². The van der Waals surface area contributed by atoms with Gasteiger partial charge in [0.15, 0.2) is 0 Å². The summed E-state index contributed by atoms with van der Waals surface area (Å²) < 4.78 is 0. The first-order chi connectivity index (χ1) is 11.3. The zero-order chi connectivity index (χ0) is 17.7. The first-order valence-corrected chi connectivity index (χ1v) is 9.11. The van der Waals surface area contributed by atoms with Crippen LogP contribution in [0.15, 0.2) is 41.8 Å². The molecule has 2 amide bonds. The van der Waals surface area contributed by atoms with Crippen LogP contribution in [0.25, 0.3) is 0 Å². The first-order valence-electron chi connectivity index (χ1n) is 8.23. The highest BCUT2D eigenvalue weighted by Crippen LogP contribution is 2.35. The number of nitrogens with zero attached hydrogens (tertiary/aromatic N) is 1. The minimum absolute atomic E-state index is 0.0287. The lowest BCUT2D eigenvalue weighted by Crippen LogP contribution is -2.38. The van der Waals surface area contributed by atoms with Gasteiger partial charge in [-0.2, -0.15) is 0 Å². The van der Waals surface area contributed by atoms with Crippen molar-refractivity contribution in [3.05, 3.63) is 46.7 Å². The van der Waals surface area contributed by atoms with Gasteiger partial charge in [-0.3, -0.25) is 0 Å². The molecule has 2 rings (SSSR count). The summed E-state index contributed by atoms with van der Waals surface area (Å²) in [5.41, 5.74) is 1.82. The molecular formula is C19H27N3OS. The van der Waals surface area contributed by atoms with Gasteiger partial charge >= 0.3 is 6.03 Å². The van der Waals surface area contributed by atoms with Gasteiger partial charge in [0.25, 0.3) is 0 Å². The molecule has 0 saturated heterocycles. The largest absolute Gasteiger partial charge is 0.375 e. The van der Waals surface area contributed by atoms with Crippen LogP contribution in [0.3, 0.4) is 0 Å². The summed E-state index contributed by atoms with van der Waals surface area (Å²) in [4.78, 5) is 15.8. The van der Waals surface area contributed by atoms with E-state index >= 15 is 0 Å². The fourth-order valence-electron chi connectivity index (χ4n) is 2.47. The number of thiophene rings is 1. The molecule has 0 aliphatic heterocycles. The predicted molar refractivity (Wildman–Crippen MR) is 104 cm³/mol.